The van der Waals surface area contributed by atoms with Crippen LogP contribution in [0.4, 0.5) is 0 Å². The smallest absolute Gasteiger partial charge is 0.200 e. The Balaban J connectivity index is 2.53. The summed E-state index contributed by atoms with van der Waals surface area (Å²) >= 11 is 0. The summed E-state index contributed by atoms with van der Waals surface area (Å²) in [5.41, 5.74) is 2.76. The van der Waals surface area contributed by atoms with Gasteiger partial charge in [-0.25, -0.2) is 4.74 Å². The van der Waals surface area contributed by atoms with Gasteiger partial charge < -0.3 is 5.21 Å². The lowest BCUT2D eigenvalue weighted by Crippen LogP contribution is -2.24. The Morgan fingerprint density at radius 3 is 2.41 bits per heavy atom. The van der Waals surface area contributed by atoms with Crippen molar-refractivity contribution in [3.05, 3.63) is 53.3 Å². The molecule has 0 aromatic heterocycles. The second kappa shape index (κ2) is 4.02. The van der Waals surface area contributed by atoms with E-state index < -0.39 is 0 Å². The van der Waals surface area contributed by atoms with E-state index in [2.05, 4.69) is 20.4 Å². The zero-order valence-electron chi connectivity index (χ0n) is 10.7. The van der Waals surface area contributed by atoms with Crippen LogP contribution in [-0.2, 0) is 0 Å². The fourth-order valence-electron chi connectivity index (χ4n) is 2.61. The molecule has 0 unspecified atom stereocenters. The lowest BCUT2D eigenvalue weighted by molar-refractivity contribution is -0.480. The maximum atomic E-state index is 12.4. The van der Waals surface area contributed by atoms with Crippen LogP contribution in [0, 0.1) is 10.6 Å². The van der Waals surface area contributed by atoms with Crippen LogP contribution in [0.3, 0.4) is 0 Å². The average molecular weight is 229 g/mol. The first-order chi connectivity index (χ1) is 7.93. The topological polar surface area (TPSA) is 26.1 Å². The van der Waals surface area contributed by atoms with Crippen LogP contribution >= 0.6 is 0 Å². The molecular weight excluding hydrogens is 210 g/mol. The van der Waals surface area contributed by atoms with Crippen molar-refractivity contribution in [3.63, 3.8) is 0 Å². The van der Waals surface area contributed by atoms with E-state index in [9.17, 15) is 5.21 Å². The molecule has 0 aliphatic carbocycles. The number of benzene rings is 1. The fraction of sp³-hybridized carbons (Fsp3) is 0.400. The summed E-state index contributed by atoms with van der Waals surface area (Å²) in [6.07, 6.45) is 0.843. The Bertz CT molecular complexity index is 471. The number of hydrogen-bond acceptors (Lipinski definition) is 1. The lowest BCUT2D eigenvalue weighted by atomic mass is 9.81. The van der Waals surface area contributed by atoms with Crippen LogP contribution in [0.1, 0.15) is 32.8 Å². The van der Waals surface area contributed by atoms with Gasteiger partial charge in [0, 0.05) is 12.0 Å². The van der Waals surface area contributed by atoms with Gasteiger partial charge in [0.15, 0.2) is 6.04 Å². The molecule has 2 nitrogen and oxygen atoms in total. The predicted molar refractivity (Wildman–Crippen MR) is 71.2 cm³/mol. The van der Waals surface area contributed by atoms with Gasteiger partial charge in [-0.05, 0) is 38.5 Å². The summed E-state index contributed by atoms with van der Waals surface area (Å²) in [7, 11) is 0. The number of rotatable bonds is 2. The fourth-order valence-corrected chi connectivity index (χ4v) is 2.61. The van der Waals surface area contributed by atoms with E-state index >= 15 is 0 Å². The first-order valence-electron chi connectivity index (χ1n) is 5.98. The van der Waals surface area contributed by atoms with E-state index in [1.165, 1.54) is 0 Å². The van der Waals surface area contributed by atoms with Crippen molar-refractivity contribution in [1.29, 1.82) is 0 Å². The maximum absolute atomic E-state index is 12.4. The minimum absolute atomic E-state index is 0.0831. The van der Waals surface area contributed by atoms with Gasteiger partial charge in [0.1, 0.15) is 0 Å². The molecule has 1 aromatic carbocycles. The molecule has 1 aliphatic rings. The molecule has 1 aliphatic heterocycles. The first kappa shape index (κ1) is 11.9. The van der Waals surface area contributed by atoms with Gasteiger partial charge in [-0.1, -0.05) is 24.8 Å². The van der Waals surface area contributed by atoms with Crippen molar-refractivity contribution in [2.45, 2.75) is 33.2 Å². The summed E-state index contributed by atoms with van der Waals surface area (Å²) in [6, 6.07) is 9.84. The van der Waals surface area contributed by atoms with Crippen LogP contribution in [0.15, 0.2) is 42.5 Å². The molecule has 2 rings (SSSR count). The Morgan fingerprint density at radius 2 is 1.94 bits per heavy atom. The minimum atomic E-state index is -0.0906. The molecular formula is C15H19NO. The molecule has 2 heteroatoms. The maximum Gasteiger partial charge on any atom is 0.200 e. The molecule has 0 saturated carbocycles. The highest BCUT2D eigenvalue weighted by Crippen LogP contribution is 2.36. The molecule has 0 fully saturated rings. The molecule has 1 aromatic rings. The Kier molecular flexibility index (Phi) is 2.82. The number of nitrogens with zero attached hydrogens (tertiary/aromatic N) is 1. The van der Waals surface area contributed by atoms with Crippen molar-refractivity contribution >= 4 is 5.71 Å². The average Bonchev–Trinajstić information content (AvgIpc) is 2.50. The molecule has 0 N–H and O–H groups in total. The van der Waals surface area contributed by atoms with Crippen LogP contribution < -0.4 is 0 Å². The third kappa shape index (κ3) is 1.99. The van der Waals surface area contributed by atoms with Crippen molar-refractivity contribution in [2.24, 2.45) is 5.41 Å². The van der Waals surface area contributed by atoms with E-state index in [0.29, 0.717) is 0 Å². The van der Waals surface area contributed by atoms with Gasteiger partial charge in [0.25, 0.3) is 0 Å². The molecule has 1 heterocycles. The quantitative estimate of drug-likeness (QED) is 0.434. The molecule has 17 heavy (non-hydrogen) atoms. The Hall–Kier alpha value is -1.57. The van der Waals surface area contributed by atoms with Gasteiger partial charge in [-0.15, -0.1) is 0 Å². The van der Waals surface area contributed by atoms with E-state index in [1.54, 1.807) is 0 Å². The van der Waals surface area contributed by atoms with Gasteiger partial charge >= 0.3 is 0 Å². The molecule has 90 valence electrons. The molecule has 1 atom stereocenters. The van der Waals surface area contributed by atoms with E-state index in [-0.39, 0.29) is 11.5 Å². The third-order valence-electron chi connectivity index (χ3n) is 3.46. The summed E-state index contributed by atoms with van der Waals surface area (Å²) in [6.45, 7) is 10.1. The monoisotopic (exact) mass is 229 g/mol. The molecule has 0 saturated heterocycles. The van der Waals surface area contributed by atoms with Gasteiger partial charge in [-0.3, -0.25) is 0 Å². The van der Waals surface area contributed by atoms with Crippen molar-refractivity contribution in [2.75, 3.05) is 0 Å². The summed E-state index contributed by atoms with van der Waals surface area (Å²) in [5.74, 6) is 0. The standard InChI is InChI=1S/C15H19NO/c1-11(2)13-10-15(3,4)14(16(13)17)12-8-6-5-7-9-12/h5-9,13H,1,10H2,2-4H3/t13-/m1/s1. The van der Waals surface area contributed by atoms with Crippen molar-refractivity contribution < 1.29 is 4.74 Å². The van der Waals surface area contributed by atoms with E-state index in [0.717, 1.165) is 28.0 Å². The van der Waals surface area contributed by atoms with E-state index in [4.69, 9.17) is 0 Å². The Morgan fingerprint density at radius 1 is 1.35 bits per heavy atom. The predicted octanol–water partition coefficient (Wildman–Crippen LogP) is 3.36. The SMILES string of the molecule is C=C(C)[C@H]1CC(C)(C)C(c2ccccc2)=[N+]1[O-]. The zero-order chi connectivity index (χ0) is 12.6. The van der Waals surface area contributed by atoms with Crippen molar-refractivity contribution in [3.8, 4) is 0 Å². The summed E-state index contributed by atoms with van der Waals surface area (Å²) in [4.78, 5) is 0. The second-order valence-corrected chi connectivity index (χ2v) is 5.49. The van der Waals surface area contributed by atoms with Gasteiger partial charge in [0.05, 0.1) is 5.41 Å². The molecule has 0 radical (unpaired) electrons. The largest absolute Gasteiger partial charge is 0.623 e. The van der Waals surface area contributed by atoms with E-state index in [1.807, 2.05) is 37.3 Å². The summed E-state index contributed by atoms with van der Waals surface area (Å²) in [5, 5.41) is 12.4. The molecule has 0 amide bonds. The van der Waals surface area contributed by atoms with Gasteiger partial charge in [-0.2, -0.15) is 0 Å². The zero-order valence-corrected chi connectivity index (χ0v) is 10.7. The van der Waals surface area contributed by atoms with Crippen molar-refractivity contribution in [1.82, 2.24) is 0 Å². The highest BCUT2D eigenvalue weighted by molar-refractivity contribution is 6.01. The van der Waals surface area contributed by atoms with Crippen LogP contribution in [0.2, 0.25) is 0 Å². The normalized spacial score (nSPS) is 22.9. The van der Waals surface area contributed by atoms with Crippen LogP contribution in [-0.4, -0.2) is 16.5 Å². The van der Waals surface area contributed by atoms with Crippen LogP contribution in [0.25, 0.3) is 0 Å². The number of hydroxylamine groups is 1. The first-order valence-corrected chi connectivity index (χ1v) is 5.98. The summed E-state index contributed by atoms with van der Waals surface area (Å²) < 4.78 is 1.15. The van der Waals surface area contributed by atoms with Crippen LogP contribution in [0.5, 0.6) is 0 Å². The second-order valence-electron chi connectivity index (χ2n) is 5.49. The molecule has 0 bridgehead atoms. The Labute approximate surface area is 103 Å². The lowest BCUT2D eigenvalue weighted by Gasteiger charge is -2.15. The van der Waals surface area contributed by atoms with Gasteiger partial charge in [0.2, 0.25) is 5.71 Å². The minimum Gasteiger partial charge on any atom is -0.623 e. The highest BCUT2D eigenvalue weighted by Gasteiger charge is 2.45. The molecule has 0 spiro atoms. The third-order valence-corrected chi connectivity index (χ3v) is 3.46. The highest BCUT2D eigenvalue weighted by atomic mass is 16.5. The number of hydrogen-bond donors (Lipinski definition) is 0.